The highest BCUT2D eigenvalue weighted by molar-refractivity contribution is 7.13. The van der Waals surface area contributed by atoms with Crippen molar-refractivity contribution in [1.29, 1.82) is 0 Å². The number of aromatic nitrogens is 2. The molecule has 136 valence electrons. The number of hydrogen-bond donors (Lipinski definition) is 1. The second-order valence-electron chi connectivity index (χ2n) is 6.57. The number of cyclic esters (lactones) is 1. The topological polar surface area (TPSA) is 84.4 Å². The van der Waals surface area contributed by atoms with Crippen molar-refractivity contribution in [2.45, 2.75) is 37.8 Å². The molecule has 0 aromatic carbocycles. The monoisotopic (exact) mass is 372 g/mol. The van der Waals surface area contributed by atoms with Gasteiger partial charge in [-0.1, -0.05) is 0 Å². The highest BCUT2D eigenvalue weighted by Crippen LogP contribution is 2.30. The maximum Gasteiger partial charge on any atom is 0.410 e. The fourth-order valence-electron chi connectivity index (χ4n) is 2.94. The number of aryl methyl sites for hydroxylation is 1. The lowest BCUT2D eigenvalue weighted by atomic mass is 10.2. The largest absolute Gasteiger partial charge is 0.442 e. The third-order valence-electron chi connectivity index (χ3n) is 4.50. The van der Waals surface area contributed by atoms with Gasteiger partial charge < -0.3 is 15.0 Å². The van der Waals surface area contributed by atoms with Crippen LogP contribution in [0.1, 0.15) is 25.0 Å². The number of carbonyl (C=O) groups is 2. The minimum Gasteiger partial charge on any atom is -0.442 e. The molecule has 2 fully saturated rings. The van der Waals surface area contributed by atoms with Gasteiger partial charge >= 0.3 is 6.09 Å². The first kappa shape index (κ1) is 17.0. The predicted molar refractivity (Wildman–Crippen MR) is 96.7 cm³/mol. The van der Waals surface area contributed by atoms with Gasteiger partial charge in [-0.25, -0.2) is 9.78 Å². The summed E-state index contributed by atoms with van der Waals surface area (Å²) in [6.07, 6.45) is 6.06. The molecule has 2 aromatic rings. The van der Waals surface area contributed by atoms with E-state index in [-0.39, 0.29) is 18.1 Å². The number of hydrogen-bond acceptors (Lipinski definition) is 6. The third kappa shape index (κ3) is 4.01. The quantitative estimate of drug-likeness (QED) is 0.806. The van der Waals surface area contributed by atoms with E-state index in [2.05, 4.69) is 15.3 Å². The maximum absolute atomic E-state index is 12.1. The fourth-order valence-corrected chi connectivity index (χ4v) is 3.80. The molecule has 1 unspecified atom stereocenters. The van der Waals surface area contributed by atoms with Crippen LogP contribution in [-0.2, 0) is 16.0 Å². The molecule has 2 aromatic heterocycles. The Morgan fingerprint density at radius 2 is 2.15 bits per heavy atom. The molecule has 2 amide bonds. The number of thiazole rings is 1. The van der Waals surface area contributed by atoms with Crippen LogP contribution in [0, 0.1) is 0 Å². The predicted octanol–water partition coefficient (Wildman–Crippen LogP) is 2.24. The summed E-state index contributed by atoms with van der Waals surface area (Å²) in [5, 5.41) is 5.77. The van der Waals surface area contributed by atoms with Crippen LogP contribution < -0.4 is 5.32 Å². The first-order valence-electron chi connectivity index (χ1n) is 8.78. The average molecular weight is 372 g/mol. The average Bonchev–Trinajstić information content (AvgIpc) is 3.27. The lowest BCUT2D eigenvalue weighted by Crippen LogP contribution is -2.35. The Morgan fingerprint density at radius 1 is 1.35 bits per heavy atom. The van der Waals surface area contributed by atoms with Crippen LogP contribution in [0.15, 0.2) is 29.9 Å². The number of amides is 2. The molecule has 0 bridgehead atoms. The normalized spacial score (nSPS) is 19.5. The molecule has 0 spiro atoms. The molecule has 0 radical (unpaired) electrons. The minimum atomic E-state index is -0.252. The van der Waals surface area contributed by atoms with Crippen molar-refractivity contribution < 1.29 is 14.3 Å². The molecule has 1 aliphatic heterocycles. The van der Waals surface area contributed by atoms with Crippen LogP contribution in [0.5, 0.6) is 0 Å². The minimum absolute atomic E-state index is 0.0515. The smallest absolute Gasteiger partial charge is 0.410 e. The van der Waals surface area contributed by atoms with Crippen LogP contribution in [0.2, 0.25) is 0 Å². The lowest BCUT2D eigenvalue weighted by Gasteiger charge is -2.11. The van der Waals surface area contributed by atoms with Crippen molar-refractivity contribution in [3.05, 3.63) is 35.6 Å². The van der Waals surface area contributed by atoms with Gasteiger partial charge in [-0.2, -0.15) is 0 Å². The van der Waals surface area contributed by atoms with Crippen molar-refractivity contribution in [2.75, 3.05) is 13.1 Å². The van der Waals surface area contributed by atoms with E-state index in [1.807, 2.05) is 17.5 Å². The number of ether oxygens (including phenoxy) is 1. The van der Waals surface area contributed by atoms with Gasteiger partial charge in [0.25, 0.3) is 0 Å². The van der Waals surface area contributed by atoms with E-state index >= 15 is 0 Å². The molecule has 1 aliphatic carbocycles. The van der Waals surface area contributed by atoms with E-state index in [4.69, 9.17) is 4.74 Å². The second-order valence-corrected chi connectivity index (χ2v) is 7.43. The summed E-state index contributed by atoms with van der Waals surface area (Å²) in [5.74, 6) is -0.0515. The Labute approximate surface area is 155 Å². The van der Waals surface area contributed by atoms with Crippen molar-refractivity contribution in [1.82, 2.24) is 20.2 Å². The second kappa shape index (κ2) is 7.41. The van der Waals surface area contributed by atoms with Gasteiger partial charge in [0.05, 0.1) is 18.8 Å². The molecular weight excluding hydrogens is 352 g/mol. The summed E-state index contributed by atoms with van der Waals surface area (Å²) in [4.78, 5) is 34.1. The zero-order valence-corrected chi connectivity index (χ0v) is 15.1. The summed E-state index contributed by atoms with van der Waals surface area (Å²) in [7, 11) is 0. The van der Waals surface area contributed by atoms with Crippen LogP contribution in [0.4, 0.5) is 4.79 Å². The number of rotatable bonds is 7. The molecule has 3 heterocycles. The molecular formula is C18H20N4O3S. The Bertz CT molecular complexity index is 791. The third-order valence-corrected chi connectivity index (χ3v) is 5.44. The molecule has 1 saturated carbocycles. The van der Waals surface area contributed by atoms with E-state index in [0.29, 0.717) is 32.0 Å². The Morgan fingerprint density at radius 3 is 2.92 bits per heavy atom. The van der Waals surface area contributed by atoms with Gasteiger partial charge in [0.15, 0.2) is 0 Å². The number of pyridine rings is 1. The first-order chi connectivity index (χ1) is 12.7. The van der Waals surface area contributed by atoms with Crippen molar-refractivity contribution >= 4 is 23.3 Å². The zero-order chi connectivity index (χ0) is 17.9. The molecule has 26 heavy (non-hydrogen) atoms. The molecule has 7 nitrogen and oxygen atoms in total. The standard InChI is InChI=1S/C18H20N4O3S/c23-16(20-9-15-10-22(14-2-3-14)18(24)25-15)4-1-13-11-26-17(21-13)12-5-7-19-8-6-12/h5-8,11,14-15H,1-4,9-10H2,(H,20,23). The van der Waals surface area contributed by atoms with Gasteiger partial charge in [0.2, 0.25) is 5.91 Å². The Kier molecular flexibility index (Phi) is 4.83. The molecule has 8 heteroatoms. The van der Waals surface area contributed by atoms with Gasteiger partial charge in [0, 0.05) is 35.8 Å². The summed E-state index contributed by atoms with van der Waals surface area (Å²) in [6.45, 7) is 0.943. The van der Waals surface area contributed by atoms with Gasteiger partial charge in [-0.15, -0.1) is 11.3 Å². The first-order valence-corrected chi connectivity index (χ1v) is 9.66. The summed E-state index contributed by atoms with van der Waals surface area (Å²) in [5.41, 5.74) is 1.94. The van der Waals surface area contributed by atoms with Crippen LogP contribution in [0.3, 0.4) is 0 Å². The molecule has 2 aliphatic rings. The van der Waals surface area contributed by atoms with Crippen LogP contribution in [0.25, 0.3) is 10.6 Å². The fraction of sp³-hybridized carbons (Fsp3) is 0.444. The van der Waals surface area contributed by atoms with E-state index < -0.39 is 0 Å². The molecule has 1 atom stereocenters. The van der Waals surface area contributed by atoms with E-state index in [1.54, 1.807) is 28.6 Å². The van der Waals surface area contributed by atoms with Crippen molar-refractivity contribution in [3.63, 3.8) is 0 Å². The summed E-state index contributed by atoms with van der Waals surface area (Å²) in [6, 6.07) is 4.19. The summed E-state index contributed by atoms with van der Waals surface area (Å²) >= 11 is 1.56. The number of nitrogens with one attached hydrogen (secondary N) is 1. The van der Waals surface area contributed by atoms with Crippen LogP contribution in [-0.4, -0.2) is 52.1 Å². The van der Waals surface area contributed by atoms with Crippen molar-refractivity contribution in [2.24, 2.45) is 0 Å². The van der Waals surface area contributed by atoms with Crippen molar-refractivity contribution in [3.8, 4) is 10.6 Å². The Hall–Kier alpha value is -2.48. The molecule has 1 N–H and O–H groups in total. The highest BCUT2D eigenvalue weighted by Gasteiger charge is 2.40. The molecule has 4 rings (SSSR count). The number of carbonyl (C=O) groups excluding carboxylic acids is 2. The molecule has 1 saturated heterocycles. The Balaban J connectivity index is 1.21. The number of nitrogens with zero attached hydrogens (tertiary/aromatic N) is 3. The lowest BCUT2D eigenvalue weighted by molar-refractivity contribution is -0.121. The zero-order valence-electron chi connectivity index (χ0n) is 14.3. The van der Waals surface area contributed by atoms with Gasteiger partial charge in [-0.05, 0) is 31.4 Å². The van der Waals surface area contributed by atoms with Crippen LogP contribution >= 0.6 is 11.3 Å². The summed E-state index contributed by atoms with van der Waals surface area (Å²) < 4.78 is 5.30. The highest BCUT2D eigenvalue weighted by atomic mass is 32.1. The van der Waals surface area contributed by atoms with E-state index in [0.717, 1.165) is 29.1 Å². The van der Waals surface area contributed by atoms with E-state index in [1.165, 1.54) is 0 Å². The maximum atomic E-state index is 12.1. The van der Waals surface area contributed by atoms with Gasteiger partial charge in [0.1, 0.15) is 11.1 Å². The SMILES string of the molecule is O=C(CCc1csc(-c2ccncc2)n1)NCC1CN(C2CC2)C(=O)O1. The van der Waals surface area contributed by atoms with E-state index in [9.17, 15) is 9.59 Å². The van der Waals surface area contributed by atoms with Gasteiger partial charge in [-0.3, -0.25) is 9.78 Å².